The fraction of sp³-hybridized carbons (Fsp3) is 0.440. The maximum absolute atomic E-state index is 13.2. The number of benzene rings is 1. The maximum Gasteiger partial charge on any atom is 0.255 e. The minimum absolute atomic E-state index is 0.0473. The second-order valence-electron chi connectivity index (χ2n) is 8.90. The van der Waals surface area contributed by atoms with Crippen LogP contribution in [0.15, 0.2) is 36.7 Å². The summed E-state index contributed by atoms with van der Waals surface area (Å²) in [6.45, 7) is 4.48. The van der Waals surface area contributed by atoms with Gasteiger partial charge in [-0.15, -0.1) is 0 Å². The van der Waals surface area contributed by atoms with Crippen molar-refractivity contribution in [3.05, 3.63) is 53.3 Å². The van der Waals surface area contributed by atoms with E-state index in [1.165, 1.54) is 0 Å². The van der Waals surface area contributed by atoms with Crippen molar-refractivity contribution in [2.75, 3.05) is 18.5 Å². The molecule has 0 spiro atoms. The van der Waals surface area contributed by atoms with Crippen molar-refractivity contribution in [1.82, 2.24) is 25.4 Å². The fourth-order valence-corrected chi connectivity index (χ4v) is 4.18. The lowest BCUT2D eigenvalue weighted by Gasteiger charge is -2.25. The summed E-state index contributed by atoms with van der Waals surface area (Å²) in [5.74, 6) is -0.252. The molecule has 1 saturated carbocycles. The van der Waals surface area contributed by atoms with Gasteiger partial charge >= 0.3 is 0 Å². The van der Waals surface area contributed by atoms with E-state index in [0.717, 1.165) is 48.0 Å². The Morgan fingerprint density at radius 3 is 2.50 bits per heavy atom. The van der Waals surface area contributed by atoms with Crippen molar-refractivity contribution in [2.24, 2.45) is 0 Å². The molecule has 0 unspecified atom stereocenters. The van der Waals surface area contributed by atoms with Crippen LogP contribution >= 0.6 is 0 Å². The van der Waals surface area contributed by atoms with E-state index < -0.39 is 0 Å². The number of rotatable bonds is 8. The normalized spacial score (nSPS) is 16.4. The Hall–Kier alpha value is -3.46. The first-order valence-electron chi connectivity index (χ1n) is 12.0. The van der Waals surface area contributed by atoms with E-state index in [-0.39, 0.29) is 17.9 Å². The molecule has 5 rings (SSSR count). The number of nitrogens with zero attached hydrogens (tertiary/aromatic N) is 3. The van der Waals surface area contributed by atoms with Gasteiger partial charge in [-0.25, -0.2) is 9.67 Å². The summed E-state index contributed by atoms with van der Waals surface area (Å²) in [5, 5.41) is 14.8. The minimum Gasteiger partial charge on any atom is -0.381 e. The molecule has 9 nitrogen and oxygen atoms in total. The predicted molar refractivity (Wildman–Crippen MR) is 129 cm³/mol. The third kappa shape index (κ3) is 4.89. The molecule has 2 amide bonds. The van der Waals surface area contributed by atoms with E-state index in [1.54, 1.807) is 24.5 Å². The number of hydrogen-bond donors (Lipinski definition) is 3. The van der Waals surface area contributed by atoms with Crippen LogP contribution in [-0.2, 0) is 17.8 Å². The molecular weight excluding hydrogens is 432 g/mol. The van der Waals surface area contributed by atoms with E-state index in [4.69, 9.17) is 4.74 Å². The van der Waals surface area contributed by atoms with Crippen molar-refractivity contribution < 1.29 is 14.3 Å². The molecule has 2 fully saturated rings. The number of anilines is 1. The summed E-state index contributed by atoms with van der Waals surface area (Å²) >= 11 is 0. The molecule has 3 aromatic rings. The van der Waals surface area contributed by atoms with Gasteiger partial charge in [0, 0.05) is 50.1 Å². The van der Waals surface area contributed by atoms with E-state index in [2.05, 4.69) is 26.0 Å². The zero-order chi connectivity index (χ0) is 23.5. The first-order valence-corrected chi connectivity index (χ1v) is 12.0. The SMILES string of the molecule is CCn1ncc2c(NC3CCOCC3)c(C(=O)NCc3ccc(C(=O)NC4CC4)cc3)cnc21. The van der Waals surface area contributed by atoms with Gasteiger partial charge in [-0.05, 0) is 50.3 Å². The van der Waals surface area contributed by atoms with Gasteiger partial charge in [0.15, 0.2) is 5.65 Å². The zero-order valence-corrected chi connectivity index (χ0v) is 19.3. The van der Waals surface area contributed by atoms with Gasteiger partial charge in [0.25, 0.3) is 11.8 Å². The van der Waals surface area contributed by atoms with Crippen LogP contribution in [0.2, 0.25) is 0 Å². The Kier molecular flexibility index (Phi) is 6.44. The number of amides is 2. The molecule has 0 atom stereocenters. The number of fused-ring (bicyclic) bond motifs is 1. The Morgan fingerprint density at radius 2 is 1.79 bits per heavy atom. The summed E-state index contributed by atoms with van der Waals surface area (Å²) < 4.78 is 7.31. The summed E-state index contributed by atoms with van der Waals surface area (Å²) in [7, 11) is 0. The van der Waals surface area contributed by atoms with Crippen LogP contribution < -0.4 is 16.0 Å². The first-order chi connectivity index (χ1) is 16.6. The second-order valence-corrected chi connectivity index (χ2v) is 8.90. The van der Waals surface area contributed by atoms with Crippen LogP contribution in [0, 0.1) is 0 Å². The van der Waals surface area contributed by atoms with Crippen molar-refractivity contribution in [3.8, 4) is 0 Å². The first kappa shape index (κ1) is 22.3. The van der Waals surface area contributed by atoms with Gasteiger partial charge in [-0.1, -0.05) is 12.1 Å². The quantitative estimate of drug-likeness (QED) is 0.475. The average Bonchev–Trinajstić information content (AvgIpc) is 3.58. The highest BCUT2D eigenvalue weighted by Crippen LogP contribution is 2.28. The largest absolute Gasteiger partial charge is 0.381 e. The number of ether oxygens (including phenoxy) is 1. The molecule has 3 N–H and O–H groups in total. The average molecular weight is 463 g/mol. The molecule has 1 aromatic carbocycles. The van der Waals surface area contributed by atoms with Crippen LogP contribution in [0.25, 0.3) is 11.0 Å². The summed E-state index contributed by atoms with van der Waals surface area (Å²) in [4.78, 5) is 29.9. The molecule has 9 heteroatoms. The summed E-state index contributed by atoms with van der Waals surface area (Å²) in [6, 6.07) is 7.89. The Bertz CT molecular complexity index is 1180. The van der Waals surface area contributed by atoms with E-state index in [0.29, 0.717) is 43.5 Å². The lowest BCUT2D eigenvalue weighted by molar-refractivity contribution is 0.0903. The van der Waals surface area contributed by atoms with Gasteiger partial charge in [-0.3, -0.25) is 9.59 Å². The van der Waals surface area contributed by atoms with Crippen LogP contribution in [-0.4, -0.2) is 51.9 Å². The smallest absolute Gasteiger partial charge is 0.255 e. The van der Waals surface area contributed by atoms with Gasteiger partial charge in [0.2, 0.25) is 0 Å². The van der Waals surface area contributed by atoms with Gasteiger partial charge in [-0.2, -0.15) is 5.10 Å². The molecule has 0 bridgehead atoms. The predicted octanol–water partition coefficient (Wildman–Crippen LogP) is 2.86. The maximum atomic E-state index is 13.2. The third-order valence-electron chi connectivity index (χ3n) is 6.36. The van der Waals surface area contributed by atoms with Crippen molar-refractivity contribution >= 4 is 28.5 Å². The topological polar surface area (TPSA) is 110 Å². The molecular formula is C25H30N6O3. The minimum atomic E-state index is -0.205. The highest BCUT2D eigenvalue weighted by molar-refractivity contribution is 6.06. The molecule has 1 saturated heterocycles. The van der Waals surface area contributed by atoms with Crippen molar-refractivity contribution in [2.45, 2.75) is 57.8 Å². The molecule has 2 aromatic heterocycles. The van der Waals surface area contributed by atoms with Crippen LogP contribution in [0.5, 0.6) is 0 Å². The molecule has 0 radical (unpaired) electrons. The monoisotopic (exact) mass is 462 g/mol. The molecule has 34 heavy (non-hydrogen) atoms. The number of carbonyl (C=O) groups is 2. The lowest BCUT2D eigenvalue weighted by Crippen LogP contribution is -2.30. The highest BCUT2D eigenvalue weighted by Gasteiger charge is 2.24. The van der Waals surface area contributed by atoms with Crippen molar-refractivity contribution in [3.63, 3.8) is 0 Å². The third-order valence-corrected chi connectivity index (χ3v) is 6.36. The molecule has 178 valence electrons. The number of aryl methyl sites for hydroxylation is 1. The lowest BCUT2D eigenvalue weighted by atomic mass is 10.1. The van der Waals surface area contributed by atoms with Crippen LogP contribution in [0.1, 0.15) is 58.9 Å². The van der Waals surface area contributed by atoms with E-state index in [1.807, 2.05) is 23.7 Å². The van der Waals surface area contributed by atoms with Gasteiger partial charge < -0.3 is 20.7 Å². The number of pyridine rings is 1. The molecule has 1 aliphatic carbocycles. The van der Waals surface area contributed by atoms with Gasteiger partial charge in [0.05, 0.1) is 22.8 Å². The summed E-state index contributed by atoms with van der Waals surface area (Å²) in [5.41, 5.74) is 3.57. The number of carbonyl (C=O) groups excluding carboxylic acids is 2. The molecule has 2 aliphatic rings. The number of aromatic nitrogens is 3. The van der Waals surface area contributed by atoms with Crippen LogP contribution in [0.4, 0.5) is 5.69 Å². The molecule has 1 aliphatic heterocycles. The second kappa shape index (κ2) is 9.80. The highest BCUT2D eigenvalue weighted by atomic mass is 16.5. The summed E-state index contributed by atoms with van der Waals surface area (Å²) in [6.07, 6.45) is 7.28. The standard InChI is InChI=1S/C25H30N6O3/c1-2-31-23-20(15-28-31)22(29-19-9-11-34-12-10-19)21(14-26-23)25(33)27-13-16-3-5-17(6-4-16)24(32)30-18-7-8-18/h3-6,14-15,18-19H,2,7-13H2,1H3,(H,26,29)(H,27,33)(H,30,32). The van der Waals surface area contributed by atoms with Gasteiger partial charge in [0.1, 0.15) is 0 Å². The Balaban J connectivity index is 1.31. The van der Waals surface area contributed by atoms with E-state index >= 15 is 0 Å². The van der Waals surface area contributed by atoms with Crippen LogP contribution in [0.3, 0.4) is 0 Å². The Labute approximate surface area is 198 Å². The zero-order valence-electron chi connectivity index (χ0n) is 19.3. The molecule has 3 heterocycles. The Morgan fingerprint density at radius 1 is 1.03 bits per heavy atom. The fourth-order valence-electron chi connectivity index (χ4n) is 4.18. The number of nitrogens with one attached hydrogen (secondary N) is 3. The number of hydrogen-bond acceptors (Lipinski definition) is 6. The van der Waals surface area contributed by atoms with E-state index in [9.17, 15) is 9.59 Å². The van der Waals surface area contributed by atoms with Crippen molar-refractivity contribution in [1.29, 1.82) is 0 Å².